The van der Waals surface area contributed by atoms with Gasteiger partial charge in [0, 0.05) is 37.0 Å². The summed E-state index contributed by atoms with van der Waals surface area (Å²) in [5.41, 5.74) is 6.44. The van der Waals surface area contributed by atoms with Crippen LogP contribution in [0.2, 0.25) is 0 Å². The molecule has 1 fully saturated rings. The molecule has 1 aliphatic heterocycles. The van der Waals surface area contributed by atoms with Crippen molar-refractivity contribution in [2.45, 2.75) is 24.7 Å². The quantitative estimate of drug-likeness (QED) is 0.535. The fourth-order valence-electron chi connectivity index (χ4n) is 3.60. The number of aromatic nitrogens is 2. The Labute approximate surface area is 195 Å². The molecule has 3 heterocycles. The molecule has 1 saturated heterocycles. The number of carbonyl (C=O) groups excluding carboxylic acids is 2. The molecule has 4 rings (SSSR count). The van der Waals surface area contributed by atoms with Crippen molar-refractivity contribution in [3.8, 4) is 10.6 Å². The zero-order chi connectivity index (χ0) is 23.4. The zero-order valence-electron chi connectivity index (χ0n) is 17.9. The predicted molar refractivity (Wildman–Crippen MR) is 124 cm³/mol. The minimum atomic E-state index is -3.63. The summed E-state index contributed by atoms with van der Waals surface area (Å²) in [5, 5.41) is 0.728. The van der Waals surface area contributed by atoms with E-state index >= 15 is 0 Å². The number of rotatable bonds is 5. The van der Waals surface area contributed by atoms with E-state index in [1.807, 2.05) is 30.3 Å². The van der Waals surface area contributed by atoms with Crippen molar-refractivity contribution in [2.75, 3.05) is 13.1 Å². The highest BCUT2D eigenvalue weighted by molar-refractivity contribution is 7.89. The molecule has 2 amide bonds. The minimum Gasteiger partial charge on any atom is -0.273 e. The summed E-state index contributed by atoms with van der Waals surface area (Å²) >= 11 is 1.26. The second kappa shape index (κ2) is 9.77. The van der Waals surface area contributed by atoms with Crippen LogP contribution in [0.5, 0.6) is 0 Å². The van der Waals surface area contributed by atoms with Crippen LogP contribution < -0.4 is 10.9 Å². The van der Waals surface area contributed by atoms with Gasteiger partial charge < -0.3 is 0 Å². The topological polar surface area (TPSA) is 121 Å². The molecule has 0 bridgehead atoms. The molecule has 1 aliphatic rings. The van der Waals surface area contributed by atoms with Gasteiger partial charge in [0.15, 0.2) is 0 Å². The second-order valence-electron chi connectivity index (χ2n) is 7.61. The largest absolute Gasteiger partial charge is 0.281 e. The van der Waals surface area contributed by atoms with Gasteiger partial charge in [0.25, 0.3) is 5.91 Å². The number of nitrogens with zero attached hydrogens (tertiary/aromatic N) is 3. The maximum Gasteiger partial charge on any atom is 0.281 e. The van der Waals surface area contributed by atoms with E-state index in [4.69, 9.17) is 0 Å². The lowest BCUT2D eigenvalue weighted by atomic mass is 9.98. The number of thiazole rings is 1. The van der Waals surface area contributed by atoms with Crippen LogP contribution in [0.1, 0.15) is 28.2 Å². The van der Waals surface area contributed by atoms with Crippen molar-refractivity contribution >= 4 is 33.2 Å². The zero-order valence-corrected chi connectivity index (χ0v) is 19.5. The van der Waals surface area contributed by atoms with Gasteiger partial charge in [-0.1, -0.05) is 30.3 Å². The molecule has 0 saturated carbocycles. The number of piperidine rings is 1. The highest BCUT2D eigenvalue weighted by Gasteiger charge is 2.32. The van der Waals surface area contributed by atoms with E-state index in [0.29, 0.717) is 23.4 Å². The van der Waals surface area contributed by atoms with E-state index in [9.17, 15) is 18.0 Å². The maximum atomic E-state index is 12.7. The third-order valence-electron chi connectivity index (χ3n) is 5.42. The van der Waals surface area contributed by atoms with E-state index < -0.39 is 21.8 Å². The van der Waals surface area contributed by atoms with Crippen LogP contribution in [0.25, 0.3) is 10.6 Å². The van der Waals surface area contributed by atoms with Gasteiger partial charge >= 0.3 is 0 Å². The lowest BCUT2D eigenvalue weighted by Gasteiger charge is -2.30. The van der Waals surface area contributed by atoms with Crippen LogP contribution in [0.15, 0.2) is 59.8 Å². The number of hydrogen-bond acceptors (Lipinski definition) is 7. The SMILES string of the molecule is Cc1nc(-c2ccccc2)sc1C(=O)NNC(=O)C1CCN(S(=O)(=O)c2cccnc2)CC1. The molecular formula is C22H23N5O4S2. The normalized spacial score (nSPS) is 15.2. The first-order chi connectivity index (χ1) is 15.9. The van der Waals surface area contributed by atoms with E-state index in [-0.39, 0.29) is 23.9 Å². The summed E-state index contributed by atoms with van der Waals surface area (Å²) < 4.78 is 26.8. The van der Waals surface area contributed by atoms with Gasteiger partial charge in [-0.15, -0.1) is 11.3 Å². The van der Waals surface area contributed by atoms with E-state index in [1.165, 1.54) is 34.1 Å². The van der Waals surface area contributed by atoms with Crippen molar-refractivity contribution in [2.24, 2.45) is 5.92 Å². The molecule has 172 valence electrons. The summed E-state index contributed by atoms with van der Waals surface area (Å²) in [6.07, 6.45) is 3.55. The number of benzene rings is 1. The molecule has 1 aromatic carbocycles. The lowest BCUT2D eigenvalue weighted by molar-refractivity contribution is -0.126. The monoisotopic (exact) mass is 485 g/mol. The third kappa shape index (κ3) is 5.10. The molecule has 2 N–H and O–H groups in total. The number of hydrazine groups is 1. The molecule has 2 aromatic heterocycles. The molecule has 0 atom stereocenters. The summed E-state index contributed by atoms with van der Waals surface area (Å²) in [4.78, 5) is 34.0. The number of sulfonamides is 1. The molecule has 0 unspecified atom stereocenters. The van der Waals surface area contributed by atoms with E-state index in [2.05, 4.69) is 20.8 Å². The van der Waals surface area contributed by atoms with Gasteiger partial charge in [-0.25, -0.2) is 13.4 Å². The number of amides is 2. The van der Waals surface area contributed by atoms with Crippen molar-refractivity contribution in [1.29, 1.82) is 0 Å². The van der Waals surface area contributed by atoms with E-state index in [1.54, 1.807) is 13.0 Å². The first kappa shape index (κ1) is 23.0. The average molecular weight is 486 g/mol. The number of carbonyl (C=O) groups is 2. The summed E-state index contributed by atoms with van der Waals surface area (Å²) in [7, 11) is -3.63. The van der Waals surface area contributed by atoms with Crippen molar-refractivity contribution in [1.82, 2.24) is 25.1 Å². The Hall–Kier alpha value is -3.15. The van der Waals surface area contributed by atoms with Gasteiger partial charge in [-0.2, -0.15) is 4.31 Å². The van der Waals surface area contributed by atoms with Gasteiger partial charge in [-0.3, -0.25) is 25.4 Å². The Morgan fingerprint density at radius 1 is 1.06 bits per heavy atom. The van der Waals surface area contributed by atoms with Gasteiger partial charge in [0.05, 0.1) is 5.69 Å². The molecule has 33 heavy (non-hydrogen) atoms. The molecular weight excluding hydrogens is 462 g/mol. The molecule has 11 heteroatoms. The minimum absolute atomic E-state index is 0.134. The van der Waals surface area contributed by atoms with Crippen LogP contribution in [-0.2, 0) is 14.8 Å². The maximum absolute atomic E-state index is 12.7. The van der Waals surface area contributed by atoms with Crippen LogP contribution in [0, 0.1) is 12.8 Å². The number of pyridine rings is 1. The van der Waals surface area contributed by atoms with Crippen molar-refractivity contribution < 1.29 is 18.0 Å². The van der Waals surface area contributed by atoms with Crippen molar-refractivity contribution in [3.05, 3.63) is 65.4 Å². The molecule has 0 aliphatic carbocycles. The van der Waals surface area contributed by atoms with Gasteiger partial charge in [0.2, 0.25) is 15.9 Å². The lowest BCUT2D eigenvalue weighted by Crippen LogP contribution is -2.48. The summed E-state index contributed by atoms with van der Waals surface area (Å²) in [6.45, 7) is 2.19. The third-order valence-corrected chi connectivity index (χ3v) is 8.51. The van der Waals surface area contributed by atoms with Crippen LogP contribution in [0.3, 0.4) is 0 Å². The Morgan fingerprint density at radius 3 is 2.45 bits per heavy atom. The molecule has 9 nitrogen and oxygen atoms in total. The highest BCUT2D eigenvalue weighted by Crippen LogP contribution is 2.28. The fourth-order valence-corrected chi connectivity index (χ4v) is 6.00. The second-order valence-corrected chi connectivity index (χ2v) is 10.5. The van der Waals surface area contributed by atoms with Gasteiger partial charge in [-0.05, 0) is 31.9 Å². The first-order valence-electron chi connectivity index (χ1n) is 10.4. The number of hydrogen-bond donors (Lipinski definition) is 2. The number of nitrogens with one attached hydrogen (secondary N) is 2. The predicted octanol–water partition coefficient (Wildman–Crippen LogP) is 2.38. The molecule has 0 radical (unpaired) electrons. The summed E-state index contributed by atoms with van der Waals surface area (Å²) in [6, 6.07) is 12.6. The van der Waals surface area contributed by atoms with Gasteiger partial charge in [0.1, 0.15) is 14.8 Å². The Bertz CT molecular complexity index is 1240. The standard InChI is InChI=1S/C22H23N5O4S2/c1-15-19(32-22(24-15)17-6-3-2-4-7-17)21(29)26-25-20(28)16-9-12-27(13-10-16)33(30,31)18-8-5-11-23-14-18/h2-8,11,14,16H,9-10,12-13H2,1H3,(H,25,28)(H,26,29). The smallest absolute Gasteiger partial charge is 0.273 e. The number of aryl methyl sites for hydroxylation is 1. The van der Waals surface area contributed by atoms with Crippen molar-refractivity contribution in [3.63, 3.8) is 0 Å². The molecule has 0 spiro atoms. The highest BCUT2D eigenvalue weighted by atomic mass is 32.2. The fraction of sp³-hybridized carbons (Fsp3) is 0.273. The molecule has 3 aromatic rings. The van der Waals surface area contributed by atoms with Crippen LogP contribution >= 0.6 is 11.3 Å². The Balaban J connectivity index is 1.31. The first-order valence-corrected chi connectivity index (χ1v) is 12.6. The Morgan fingerprint density at radius 2 is 1.79 bits per heavy atom. The van der Waals surface area contributed by atoms with E-state index in [0.717, 1.165) is 10.6 Å². The summed E-state index contributed by atoms with van der Waals surface area (Å²) in [5.74, 6) is -1.17. The Kier molecular flexibility index (Phi) is 6.82. The van der Waals surface area contributed by atoms with Crippen LogP contribution in [-0.4, -0.2) is 47.6 Å². The van der Waals surface area contributed by atoms with Crippen LogP contribution in [0.4, 0.5) is 0 Å². The average Bonchev–Trinajstić information content (AvgIpc) is 3.25.